The molecule has 0 aliphatic carbocycles. The van der Waals surface area contributed by atoms with Crippen LogP contribution in [0, 0.1) is 166 Å². The summed E-state index contributed by atoms with van der Waals surface area (Å²) >= 11 is 18.3. The van der Waals surface area contributed by atoms with Gasteiger partial charge in [-0.25, -0.2) is 0 Å². The summed E-state index contributed by atoms with van der Waals surface area (Å²) in [5.41, 5.74) is 30.6. The summed E-state index contributed by atoms with van der Waals surface area (Å²) in [7, 11) is 0. The first-order chi connectivity index (χ1) is 45.3. The standard InChI is InChI=1S/C9H13N.2C8H11N.2C7H8BrN.2C7H8ClN.4C7H9N/c1-4-9-8(3)7(2)5-6-10-9;1-6-4-9-5-7(2)8(6)3;1-6-4-5-9-8(3)7(6)2;1-5-3-9-4-7(8)6(5)2;1-5-6(2)9-4-3-7(5)8;1-5-3-9-4-7(8)6(5)2;1-5-6(2)9-4-3-7(5)8;2*1-6-3-4-8-5-7(6)2;2*1-6-4-3-5-8-7(6)2/h5-6H,4H2,1-3H3;2*4-5H,1-3H3;4*3-4H,1-2H3;4*3-5H,1-2H3. The van der Waals surface area contributed by atoms with Gasteiger partial charge in [0.2, 0.25) is 0 Å². The smallest absolute Gasteiger partial charge is 0.0621 e. The lowest BCUT2D eigenvalue weighted by atomic mass is 10.1. The zero-order chi connectivity index (χ0) is 72.6. The van der Waals surface area contributed by atoms with Crippen LogP contribution in [0.2, 0.25) is 10.0 Å². The van der Waals surface area contributed by atoms with Gasteiger partial charge in [0.05, 0.1) is 5.02 Å². The predicted molar refractivity (Wildman–Crippen MR) is 415 cm³/mol. The molecule has 0 atom stereocenters. The van der Waals surface area contributed by atoms with Gasteiger partial charge < -0.3 is 0 Å². The number of hydrogen-bond acceptors (Lipinski definition) is 11. The fourth-order valence-corrected chi connectivity index (χ4v) is 8.44. The molecule has 96 heavy (non-hydrogen) atoms. The Hall–Kier alpha value is -7.81. The summed E-state index contributed by atoms with van der Waals surface area (Å²) in [6, 6.07) is 19.9. The SMILES string of the molecule is CCc1nccc(C)c1C.Cc1cccnc1C.Cc1cccnc1C.Cc1ccnc(C)c1C.Cc1ccncc1C.Cc1ccncc1C.Cc1cncc(Br)c1C.Cc1cncc(C)c1C.Cc1cncc(Cl)c1C.Cc1nccc(Br)c1C.Cc1nccc(Cl)c1C. The number of rotatable bonds is 1. The van der Waals surface area contributed by atoms with E-state index < -0.39 is 0 Å². The first kappa shape index (κ1) is 86.2. The second-order valence-electron chi connectivity index (χ2n) is 23.2. The Balaban J connectivity index is 0.000000528. The first-order valence-electron chi connectivity index (χ1n) is 31.7. The monoisotopic (exact) mass is 1460 g/mol. The molecule has 0 bridgehead atoms. The van der Waals surface area contributed by atoms with E-state index in [1.54, 1.807) is 30.9 Å². The van der Waals surface area contributed by atoms with Crippen molar-refractivity contribution in [1.82, 2.24) is 54.8 Å². The van der Waals surface area contributed by atoms with Crippen molar-refractivity contribution in [2.75, 3.05) is 0 Å². The van der Waals surface area contributed by atoms with Crippen LogP contribution < -0.4 is 0 Å². The average Bonchev–Trinajstić information content (AvgIpc) is 1.19. The van der Waals surface area contributed by atoms with E-state index in [2.05, 4.69) is 209 Å². The highest BCUT2D eigenvalue weighted by atomic mass is 79.9. The van der Waals surface area contributed by atoms with E-state index in [4.69, 9.17) is 23.2 Å². The third kappa shape index (κ3) is 33.7. The molecular formula is C81H103Br2Cl2N11. The second-order valence-corrected chi connectivity index (χ2v) is 25.7. The van der Waals surface area contributed by atoms with Crippen LogP contribution in [0.15, 0.2) is 169 Å². The zero-order valence-electron chi connectivity index (χ0n) is 61.6. The van der Waals surface area contributed by atoms with Crippen LogP contribution in [0.1, 0.15) is 147 Å². The maximum atomic E-state index is 5.77. The molecule has 0 saturated carbocycles. The summed E-state index contributed by atoms with van der Waals surface area (Å²) in [5.74, 6) is 0. The molecule has 0 aliphatic rings. The maximum Gasteiger partial charge on any atom is 0.0621 e. The number of aryl methyl sites for hydroxylation is 18. The molecular weight excluding hydrogens is 1360 g/mol. The minimum absolute atomic E-state index is 0.745. The Morgan fingerprint density at radius 2 is 0.615 bits per heavy atom. The van der Waals surface area contributed by atoms with Crippen LogP contribution in [-0.4, -0.2) is 54.8 Å². The largest absolute Gasteiger partial charge is 0.264 e. The van der Waals surface area contributed by atoms with Crippen molar-refractivity contribution in [1.29, 1.82) is 0 Å². The molecule has 11 aromatic rings. The van der Waals surface area contributed by atoms with Crippen LogP contribution in [0.4, 0.5) is 0 Å². The Morgan fingerprint density at radius 3 is 0.917 bits per heavy atom. The molecule has 11 rings (SSSR count). The second kappa shape index (κ2) is 47.2. The zero-order valence-corrected chi connectivity index (χ0v) is 66.3. The molecule has 510 valence electrons. The summed E-state index contributed by atoms with van der Waals surface area (Å²) < 4.78 is 2.22. The first-order valence-corrected chi connectivity index (χ1v) is 34.1. The van der Waals surface area contributed by atoms with Crippen LogP contribution in [0.3, 0.4) is 0 Å². The number of halogens is 4. The number of hydrogen-bond donors (Lipinski definition) is 0. The normalized spacial score (nSPS) is 9.55. The lowest BCUT2D eigenvalue weighted by molar-refractivity contribution is 0.996. The van der Waals surface area contributed by atoms with Gasteiger partial charge in [0.25, 0.3) is 0 Å². The van der Waals surface area contributed by atoms with Crippen LogP contribution in [-0.2, 0) is 6.42 Å². The van der Waals surface area contributed by atoms with E-state index in [1.807, 2.05) is 180 Å². The lowest BCUT2D eigenvalue weighted by Crippen LogP contribution is -1.92. The maximum absolute atomic E-state index is 5.77. The third-order valence-electron chi connectivity index (χ3n) is 16.1. The number of aromatic nitrogens is 11. The molecule has 0 spiro atoms. The molecule has 0 fully saturated rings. The fourth-order valence-electron chi connectivity index (χ4n) is 7.20. The minimum atomic E-state index is 0.745. The third-order valence-corrected chi connectivity index (χ3v) is 18.5. The molecule has 0 aliphatic heterocycles. The van der Waals surface area contributed by atoms with E-state index in [1.165, 1.54) is 94.7 Å². The molecule has 0 saturated heterocycles. The van der Waals surface area contributed by atoms with Crippen molar-refractivity contribution >= 4 is 55.1 Å². The van der Waals surface area contributed by atoms with E-state index in [0.29, 0.717) is 0 Å². The van der Waals surface area contributed by atoms with E-state index in [-0.39, 0.29) is 0 Å². The summed E-state index contributed by atoms with van der Waals surface area (Å²) in [6.45, 7) is 51.3. The molecule has 0 aromatic carbocycles. The minimum Gasteiger partial charge on any atom is -0.264 e. The van der Waals surface area contributed by atoms with Crippen molar-refractivity contribution in [2.24, 2.45) is 0 Å². The quantitative estimate of drug-likeness (QED) is 0.155. The van der Waals surface area contributed by atoms with Crippen molar-refractivity contribution < 1.29 is 0 Å². The van der Waals surface area contributed by atoms with Gasteiger partial charge in [-0.2, -0.15) is 0 Å². The van der Waals surface area contributed by atoms with Crippen molar-refractivity contribution in [3.05, 3.63) is 319 Å². The Labute approximate surface area is 603 Å². The number of pyridine rings is 11. The summed E-state index contributed by atoms with van der Waals surface area (Å²) in [5, 5.41) is 1.54. The van der Waals surface area contributed by atoms with Crippen LogP contribution >= 0.6 is 55.1 Å². The van der Waals surface area contributed by atoms with Gasteiger partial charge in [-0.05, 0) is 343 Å². The van der Waals surface area contributed by atoms with Gasteiger partial charge in [-0.1, -0.05) is 58.2 Å². The van der Waals surface area contributed by atoms with Gasteiger partial charge in [-0.15, -0.1) is 0 Å². The molecule has 11 aromatic heterocycles. The lowest BCUT2D eigenvalue weighted by Gasteiger charge is -2.03. The van der Waals surface area contributed by atoms with Gasteiger partial charge in [0.15, 0.2) is 0 Å². The van der Waals surface area contributed by atoms with Crippen molar-refractivity contribution in [2.45, 2.75) is 180 Å². The van der Waals surface area contributed by atoms with Gasteiger partial charge in [0.1, 0.15) is 0 Å². The average molecular weight is 1460 g/mol. The van der Waals surface area contributed by atoms with E-state index in [9.17, 15) is 0 Å². The van der Waals surface area contributed by atoms with Crippen LogP contribution in [0.5, 0.6) is 0 Å². The molecule has 11 nitrogen and oxygen atoms in total. The molecule has 15 heteroatoms. The van der Waals surface area contributed by atoms with Gasteiger partial charge in [0, 0.05) is 147 Å². The fraction of sp³-hybridized carbons (Fsp3) is 0.321. The Kier molecular flexibility index (Phi) is 42.3. The van der Waals surface area contributed by atoms with E-state index in [0.717, 1.165) is 70.6 Å². The van der Waals surface area contributed by atoms with Crippen molar-refractivity contribution in [3.63, 3.8) is 0 Å². The molecule has 0 unspecified atom stereocenters. The highest BCUT2D eigenvalue weighted by Gasteiger charge is 2.01. The Bertz CT molecular complexity index is 3320. The topological polar surface area (TPSA) is 142 Å². The highest BCUT2D eigenvalue weighted by Crippen LogP contribution is 2.19. The highest BCUT2D eigenvalue weighted by molar-refractivity contribution is 9.10. The molecule has 0 N–H and O–H groups in total. The molecule has 0 radical (unpaired) electrons. The summed E-state index contributed by atoms with van der Waals surface area (Å²) in [6.07, 6.45) is 30.2. The number of nitrogens with zero attached hydrogens (tertiary/aromatic N) is 11. The van der Waals surface area contributed by atoms with E-state index >= 15 is 0 Å². The van der Waals surface area contributed by atoms with Crippen molar-refractivity contribution in [3.8, 4) is 0 Å². The molecule has 11 heterocycles. The van der Waals surface area contributed by atoms with Gasteiger partial charge >= 0.3 is 0 Å². The van der Waals surface area contributed by atoms with Gasteiger partial charge in [-0.3, -0.25) is 54.8 Å². The Morgan fingerprint density at radius 1 is 0.250 bits per heavy atom. The predicted octanol–water partition coefficient (Wildman–Crippen LogP) is 22.7. The van der Waals surface area contributed by atoms with Crippen LogP contribution in [0.25, 0.3) is 0 Å². The molecule has 0 amide bonds. The summed E-state index contributed by atoms with van der Waals surface area (Å²) in [4.78, 5) is 44.6.